The van der Waals surface area contributed by atoms with Crippen LogP contribution in [-0.4, -0.2) is 28.3 Å². The number of nitrogens with one attached hydrogen (secondary N) is 1. The molecule has 0 aliphatic rings. The van der Waals surface area contributed by atoms with E-state index in [0.29, 0.717) is 13.0 Å². The van der Waals surface area contributed by atoms with Gasteiger partial charge in [0.25, 0.3) is 0 Å². The number of nitrogens with zero attached hydrogens (tertiary/aromatic N) is 1. The zero-order valence-electron chi connectivity index (χ0n) is 11.1. The number of aromatic hydroxyl groups is 1. The third kappa shape index (κ3) is 5.52. The van der Waals surface area contributed by atoms with E-state index in [4.69, 9.17) is 4.74 Å². The summed E-state index contributed by atoms with van der Waals surface area (Å²) >= 11 is 0. The molecule has 0 fully saturated rings. The van der Waals surface area contributed by atoms with Crippen molar-refractivity contribution in [2.75, 3.05) is 6.54 Å². The number of aromatic nitrogens is 1. The van der Waals surface area contributed by atoms with Crippen molar-refractivity contribution in [1.82, 2.24) is 10.3 Å². The maximum Gasteiger partial charge on any atom is 0.407 e. The quantitative estimate of drug-likeness (QED) is 0.806. The van der Waals surface area contributed by atoms with Gasteiger partial charge in [-0.3, -0.25) is 0 Å². The van der Waals surface area contributed by atoms with Gasteiger partial charge >= 0.3 is 6.09 Å². The zero-order chi connectivity index (χ0) is 13.6. The molecule has 0 aromatic carbocycles. The number of rotatable bonds is 4. The van der Waals surface area contributed by atoms with Crippen molar-refractivity contribution >= 4 is 6.09 Å². The summed E-state index contributed by atoms with van der Waals surface area (Å²) in [5, 5.41) is 12.1. The zero-order valence-corrected chi connectivity index (χ0v) is 11.1. The van der Waals surface area contributed by atoms with Crippen molar-refractivity contribution < 1.29 is 14.6 Å². The van der Waals surface area contributed by atoms with E-state index >= 15 is 0 Å². The molecule has 100 valence electrons. The van der Waals surface area contributed by atoms with Crippen LogP contribution in [0.4, 0.5) is 4.79 Å². The number of aryl methyl sites for hydroxylation is 1. The fraction of sp³-hybridized carbons (Fsp3) is 0.538. The van der Waals surface area contributed by atoms with Gasteiger partial charge in [0.1, 0.15) is 5.60 Å². The van der Waals surface area contributed by atoms with E-state index in [-0.39, 0.29) is 5.88 Å². The molecular weight excluding hydrogens is 232 g/mol. The molecule has 1 heterocycles. The van der Waals surface area contributed by atoms with Crippen LogP contribution in [0.2, 0.25) is 0 Å². The molecular formula is C13H20N2O3. The highest BCUT2D eigenvalue weighted by atomic mass is 16.6. The Kier molecular flexibility index (Phi) is 4.95. The van der Waals surface area contributed by atoms with Crippen LogP contribution in [0.5, 0.6) is 5.88 Å². The summed E-state index contributed by atoms with van der Waals surface area (Å²) in [5.41, 5.74) is 0.301. The molecule has 1 aromatic heterocycles. The van der Waals surface area contributed by atoms with Gasteiger partial charge in [-0.15, -0.1) is 0 Å². The Morgan fingerprint density at radius 1 is 1.50 bits per heavy atom. The highest BCUT2D eigenvalue weighted by molar-refractivity contribution is 5.67. The van der Waals surface area contributed by atoms with Crippen LogP contribution in [0.25, 0.3) is 0 Å². The van der Waals surface area contributed by atoms with Crippen molar-refractivity contribution in [3.8, 4) is 5.88 Å². The monoisotopic (exact) mass is 252 g/mol. The molecule has 18 heavy (non-hydrogen) atoms. The Labute approximate surface area is 107 Å². The predicted octanol–water partition coefficient (Wildman–Crippen LogP) is 2.24. The van der Waals surface area contributed by atoms with E-state index in [1.807, 2.05) is 26.8 Å². The summed E-state index contributed by atoms with van der Waals surface area (Å²) in [7, 11) is 0. The minimum atomic E-state index is -0.480. The van der Waals surface area contributed by atoms with Gasteiger partial charge in [-0.05, 0) is 39.7 Å². The maximum atomic E-state index is 11.3. The largest absolute Gasteiger partial charge is 0.493 e. The number of ether oxygens (including phenoxy) is 1. The molecule has 1 aromatic rings. The molecule has 0 spiro atoms. The topological polar surface area (TPSA) is 71.5 Å². The first-order valence-corrected chi connectivity index (χ1v) is 5.98. The van der Waals surface area contributed by atoms with Gasteiger partial charge in [0.2, 0.25) is 5.88 Å². The summed E-state index contributed by atoms with van der Waals surface area (Å²) in [6, 6.07) is 3.59. The van der Waals surface area contributed by atoms with Crippen LogP contribution < -0.4 is 5.32 Å². The number of alkyl carbamates (subject to hydrolysis) is 1. The first kappa shape index (κ1) is 14.3. The van der Waals surface area contributed by atoms with E-state index < -0.39 is 11.7 Å². The van der Waals surface area contributed by atoms with Gasteiger partial charge in [-0.1, -0.05) is 6.07 Å². The molecule has 0 radical (unpaired) electrons. The fourth-order valence-corrected chi connectivity index (χ4v) is 1.41. The van der Waals surface area contributed by atoms with Gasteiger partial charge in [0.15, 0.2) is 0 Å². The molecule has 0 saturated heterocycles. The second-order valence-electron chi connectivity index (χ2n) is 5.02. The van der Waals surface area contributed by atoms with E-state index in [0.717, 1.165) is 12.0 Å². The van der Waals surface area contributed by atoms with Gasteiger partial charge in [-0.25, -0.2) is 9.78 Å². The van der Waals surface area contributed by atoms with Crippen molar-refractivity contribution in [1.29, 1.82) is 0 Å². The molecule has 1 amide bonds. The first-order valence-electron chi connectivity index (χ1n) is 5.98. The molecule has 0 aliphatic carbocycles. The summed E-state index contributed by atoms with van der Waals surface area (Å²) in [6.45, 7) is 5.96. The van der Waals surface area contributed by atoms with Crippen LogP contribution in [0, 0.1) is 0 Å². The third-order valence-electron chi connectivity index (χ3n) is 2.16. The van der Waals surface area contributed by atoms with Gasteiger partial charge in [0.05, 0.1) is 0 Å². The van der Waals surface area contributed by atoms with Crippen LogP contribution in [0.3, 0.4) is 0 Å². The SMILES string of the molecule is CC(C)(C)OC(=O)NCCCc1cccnc1O. The maximum absolute atomic E-state index is 11.3. The highest BCUT2D eigenvalue weighted by Crippen LogP contribution is 2.13. The van der Waals surface area contributed by atoms with Crippen molar-refractivity contribution in [3.05, 3.63) is 23.9 Å². The summed E-state index contributed by atoms with van der Waals surface area (Å²) < 4.78 is 5.10. The smallest absolute Gasteiger partial charge is 0.407 e. The minimum absolute atomic E-state index is 0.0507. The second-order valence-corrected chi connectivity index (χ2v) is 5.02. The van der Waals surface area contributed by atoms with E-state index in [1.54, 1.807) is 6.07 Å². The number of carbonyl (C=O) groups is 1. The number of hydrogen-bond donors (Lipinski definition) is 2. The van der Waals surface area contributed by atoms with Crippen molar-refractivity contribution in [2.45, 2.75) is 39.2 Å². The molecule has 0 unspecified atom stereocenters. The lowest BCUT2D eigenvalue weighted by Gasteiger charge is -2.19. The van der Waals surface area contributed by atoms with Gasteiger partial charge < -0.3 is 15.2 Å². The normalized spacial score (nSPS) is 11.1. The van der Waals surface area contributed by atoms with Crippen molar-refractivity contribution in [3.63, 3.8) is 0 Å². The van der Waals surface area contributed by atoms with Crippen molar-refractivity contribution in [2.24, 2.45) is 0 Å². The van der Waals surface area contributed by atoms with Crippen LogP contribution in [0.1, 0.15) is 32.8 Å². The van der Waals surface area contributed by atoms with E-state index in [9.17, 15) is 9.90 Å². The Hall–Kier alpha value is -1.78. The summed E-state index contributed by atoms with van der Waals surface area (Å²) in [4.78, 5) is 15.1. The van der Waals surface area contributed by atoms with Crippen LogP contribution in [0.15, 0.2) is 18.3 Å². The number of pyridine rings is 1. The van der Waals surface area contributed by atoms with Crippen LogP contribution >= 0.6 is 0 Å². The molecule has 5 heteroatoms. The molecule has 5 nitrogen and oxygen atoms in total. The Morgan fingerprint density at radius 2 is 2.22 bits per heavy atom. The molecule has 0 saturated carbocycles. The number of carbonyl (C=O) groups excluding carboxylic acids is 1. The number of amides is 1. The third-order valence-corrected chi connectivity index (χ3v) is 2.16. The summed E-state index contributed by atoms with van der Waals surface area (Å²) in [6.07, 6.45) is 2.50. The molecule has 0 bridgehead atoms. The standard InChI is InChI=1S/C13H20N2O3/c1-13(2,3)18-12(17)15-9-5-7-10-6-4-8-14-11(10)16/h4,6,8H,5,7,9H2,1-3H3,(H,14,16)(H,15,17). The van der Waals surface area contributed by atoms with Gasteiger partial charge in [-0.2, -0.15) is 0 Å². The molecule has 2 N–H and O–H groups in total. The fourth-order valence-electron chi connectivity index (χ4n) is 1.41. The highest BCUT2D eigenvalue weighted by Gasteiger charge is 2.15. The average molecular weight is 252 g/mol. The number of hydrogen-bond acceptors (Lipinski definition) is 4. The predicted molar refractivity (Wildman–Crippen MR) is 68.5 cm³/mol. The molecule has 0 atom stereocenters. The minimum Gasteiger partial charge on any atom is -0.493 e. The summed E-state index contributed by atoms with van der Waals surface area (Å²) in [5.74, 6) is 0.0507. The molecule has 0 aliphatic heterocycles. The lowest BCUT2D eigenvalue weighted by molar-refractivity contribution is 0.0527. The lowest BCUT2D eigenvalue weighted by atomic mass is 10.1. The Morgan fingerprint density at radius 3 is 2.83 bits per heavy atom. The second kappa shape index (κ2) is 6.23. The average Bonchev–Trinajstić information content (AvgIpc) is 2.24. The van der Waals surface area contributed by atoms with Crippen LogP contribution in [-0.2, 0) is 11.2 Å². The van der Waals surface area contributed by atoms with E-state index in [2.05, 4.69) is 10.3 Å². The Balaban J connectivity index is 2.23. The lowest BCUT2D eigenvalue weighted by Crippen LogP contribution is -2.33. The first-order chi connectivity index (χ1) is 8.38. The van der Waals surface area contributed by atoms with E-state index in [1.165, 1.54) is 6.20 Å². The Bertz CT molecular complexity index is 399. The molecule has 1 rings (SSSR count). The van der Waals surface area contributed by atoms with Gasteiger partial charge in [0, 0.05) is 18.3 Å².